The third-order valence-electron chi connectivity index (χ3n) is 1.97. The van der Waals surface area contributed by atoms with Gasteiger partial charge >= 0.3 is 5.97 Å². The molecule has 0 bridgehead atoms. The average molecular weight is 293 g/mol. The Morgan fingerprint density at radius 3 is 2.74 bits per heavy atom. The van der Waals surface area contributed by atoms with E-state index in [1.165, 1.54) is 18.2 Å². The van der Waals surface area contributed by atoms with Crippen LogP contribution in [0, 0.1) is 0 Å². The quantitative estimate of drug-likeness (QED) is 0.478. The monoisotopic (exact) mass is 292 g/mol. The van der Waals surface area contributed by atoms with Crippen LogP contribution in [-0.4, -0.2) is 35.8 Å². The third kappa shape index (κ3) is 4.70. The summed E-state index contributed by atoms with van der Waals surface area (Å²) in [7, 11) is 0. The largest absolute Gasteiger partial charge is 0.485 e. The van der Waals surface area contributed by atoms with Crippen molar-refractivity contribution < 1.29 is 23.4 Å². The first-order chi connectivity index (χ1) is 8.93. The first kappa shape index (κ1) is 15.2. The van der Waals surface area contributed by atoms with Gasteiger partial charge in [-0.15, -0.1) is 11.6 Å². The van der Waals surface area contributed by atoms with Gasteiger partial charge < -0.3 is 15.6 Å². The molecule has 1 aromatic rings. The Balaban J connectivity index is 3.11. The van der Waals surface area contributed by atoms with Crippen molar-refractivity contribution in [2.45, 2.75) is 6.43 Å². The number of aliphatic imine (C=N–C) groups is 1. The zero-order valence-corrected chi connectivity index (χ0v) is 10.4. The summed E-state index contributed by atoms with van der Waals surface area (Å²) in [5.41, 5.74) is 5.40. The van der Waals surface area contributed by atoms with Gasteiger partial charge in [-0.1, -0.05) is 0 Å². The maximum absolute atomic E-state index is 12.1. The van der Waals surface area contributed by atoms with E-state index in [4.69, 9.17) is 27.2 Å². The maximum Gasteiger partial charge on any atom is 0.335 e. The lowest BCUT2D eigenvalue weighted by Crippen LogP contribution is -2.13. The minimum absolute atomic E-state index is 0.0124. The van der Waals surface area contributed by atoms with Crippen LogP contribution in [0.2, 0.25) is 0 Å². The number of halogens is 3. The van der Waals surface area contributed by atoms with Gasteiger partial charge in [0.05, 0.1) is 11.4 Å². The van der Waals surface area contributed by atoms with Gasteiger partial charge in [-0.25, -0.2) is 18.6 Å². The van der Waals surface area contributed by atoms with Crippen LogP contribution in [-0.2, 0) is 0 Å². The number of alkyl halides is 3. The number of amidine groups is 1. The molecule has 0 aliphatic rings. The summed E-state index contributed by atoms with van der Waals surface area (Å²) in [6, 6.07) is 3.63. The Bertz CT molecular complexity index is 495. The number of rotatable bonds is 6. The molecule has 0 aliphatic heterocycles. The highest BCUT2D eigenvalue weighted by atomic mass is 35.5. The molecule has 3 N–H and O–H groups in total. The van der Waals surface area contributed by atoms with E-state index in [1.807, 2.05) is 0 Å². The number of carboxylic acid groups (broad SMARTS) is 1. The fourth-order valence-corrected chi connectivity index (χ4v) is 1.26. The summed E-state index contributed by atoms with van der Waals surface area (Å²) in [5.74, 6) is -1.23. The van der Waals surface area contributed by atoms with Crippen LogP contribution in [0.3, 0.4) is 0 Å². The summed E-state index contributed by atoms with van der Waals surface area (Å²) in [6.45, 7) is -0.824. The van der Waals surface area contributed by atoms with Crippen molar-refractivity contribution in [3.8, 4) is 5.75 Å². The smallest absolute Gasteiger partial charge is 0.335 e. The molecule has 0 unspecified atom stereocenters. The molecule has 0 aliphatic carbocycles. The van der Waals surface area contributed by atoms with E-state index in [-0.39, 0.29) is 28.7 Å². The molecule has 0 radical (unpaired) electrons. The van der Waals surface area contributed by atoms with E-state index >= 15 is 0 Å². The molecule has 0 amide bonds. The molecule has 8 heteroatoms. The Hall–Kier alpha value is -1.89. The maximum atomic E-state index is 12.1. The number of hydrogen-bond acceptors (Lipinski definition) is 3. The van der Waals surface area contributed by atoms with E-state index in [1.54, 1.807) is 0 Å². The Labute approximate surface area is 112 Å². The summed E-state index contributed by atoms with van der Waals surface area (Å²) >= 11 is 5.45. The lowest BCUT2D eigenvalue weighted by atomic mass is 10.2. The highest BCUT2D eigenvalue weighted by Gasteiger charge is 2.11. The molecule has 0 aromatic heterocycles. The molecule has 0 saturated heterocycles. The molecule has 0 heterocycles. The first-order valence-corrected chi connectivity index (χ1v) is 5.64. The van der Waals surface area contributed by atoms with Crippen molar-refractivity contribution in [2.75, 3.05) is 12.5 Å². The fourth-order valence-electron chi connectivity index (χ4n) is 1.20. The lowest BCUT2D eigenvalue weighted by Gasteiger charge is -2.09. The van der Waals surface area contributed by atoms with Crippen LogP contribution < -0.4 is 10.5 Å². The van der Waals surface area contributed by atoms with Gasteiger partial charge in [0.2, 0.25) is 0 Å². The van der Waals surface area contributed by atoms with Crippen LogP contribution >= 0.6 is 11.6 Å². The zero-order valence-electron chi connectivity index (χ0n) is 9.65. The molecule has 0 atom stereocenters. The number of hydrogen-bond donors (Lipinski definition) is 2. The first-order valence-electron chi connectivity index (χ1n) is 5.11. The highest BCUT2D eigenvalue weighted by molar-refractivity contribution is 6.28. The van der Waals surface area contributed by atoms with Crippen LogP contribution in [0.5, 0.6) is 5.75 Å². The third-order valence-corrected chi connectivity index (χ3v) is 2.25. The van der Waals surface area contributed by atoms with Crippen molar-refractivity contribution in [2.24, 2.45) is 10.7 Å². The molecule has 0 saturated carbocycles. The number of carbonyl (C=O) groups is 1. The minimum Gasteiger partial charge on any atom is -0.485 e. The molecule has 0 spiro atoms. The lowest BCUT2D eigenvalue weighted by molar-refractivity contribution is 0.0695. The van der Waals surface area contributed by atoms with E-state index in [2.05, 4.69) is 4.99 Å². The van der Waals surface area contributed by atoms with Crippen LogP contribution in [0.25, 0.3) is 0 Å². The summed E-state index contributed by atoms with van der Waals surface area (Å²) in [6.07, 6.45) is -2.65. The van der Waals surface area contributed by atoms with E-state index in [0.29, 0.717) is 0 Å². The molecule has 19 heavy (non-hydrogen) atoms. The Morgan fingerprint density at radius 2 is 2.21 bits per heavy atom. The second kappa shape index (κ2) is 6.89. The van der Waals surface area contributed by atoms with Gasteiger partial charge in [0.15, 0.2) is 0 Å². The van der Waals surface area contributed by atoms with E-state index in [9.17, 15) is 13.6 Å². The number of carboxylic acids is 1. The predicted octanol–water partition coefficient (Wildman–Crippen LogP) is 2.26. The molecule has 0 fully saturated rings. The van der Waals surface area contributed by atoms with Crippen molar-refractivity contribution in [1.29, 1.82) is 0 Å². The zero-order chi connectivity index (χ0) is 14.4. The number of benzene rings is 1. The molecule has 1 rings (SSSR count). The highest BCUT2D eigenvalue weighted by Crippen LogP contribution is 2.29. The van der Waals surface area contributed by atoms with Gasteiger partial charge in [-0.3, -0.25) is 0 Å². The fraction of sp³-hybridized carbons (Fsp3) is 0.273. The van der Waals surface area contributed by atoms with Crippen molar-refractivity contribution in [3.05, 3.63) is 23.8 Å². The van der Waals surface area contributed by atoms with E-state index < -0.39 is 19.0 Å². The molecule has 5 nitrogen and oxygen atoms in total. The summed E-state index contributed by atoms with van der Waals surface area (Å²) in [4.78, 5) is 14.6. The summed E-state index contributed by atoms with van der Waals surface area (Å²) < 4.78 is 29.0. The second-order valence-electron chi connectivity index (χ2n) is 3.43. The molecule has 1 aromatic carbocycles. The minimum atomic E-state index is -2.65. The van der Waals surface area contributed by atoms with Crippen molar-refractivity contribution in [1.82, 2.24) is 0 Å². The topological polar surface area (TPSA) is 84.9 Å². The number of nitrogens with zero attached hydrogens (tertiary/aromatic N) is 1. The molecular weight excluding hydrogens is 282 g/mol. The Morgan fingerprint density at radius 1 is 1.53 bits per heavy atom. The summed E-state index contributed by atoms with van der Waals surface area (Å²) in [5, 5.41) is 8.84. The number of aromatic carboxylic acids is 1. The number of nitrogens with two attached hydrogens (primary N) is 1. The normalized spacial score (nSPS) is 11.7. The second-order valence-corrected chi connectivity index (χ2v) is 3.69. The van der Waals surface area contributed by atoms with Crippen LogP contribution in [0.15, 0.2) is 23.2 Å². The van der Waals surface area contributed by atoms with Crippen molar-refractivity contribution in [3.63, 3.8) is 0 Å². The van der Waals surface area contributed by atoms with Crippen LogP contribution in [0.1, 0.15) is 10.4 Å². The van der Waals surface area contributed by atoms with Gasteiger partial charge in [-0.2, -0.15) is 0 Å². The van der Waals surface area contributed by atoms with Gasteiger partial charge in [0.25, 0.3) is 6.43 Å². The molecular formula is C11H11ClF2N2O3. The van der Waals surface area contributed by atoms with Gasteiger partial charge in [0.1, 0.15) is 23.9 Å². The Kier molecular flexibility index (Phi) is 5.50. The van der Waals surface area contributed by atoms with Gasteiger partial charge in [-0.05, 0) is 18.2 Å². The standard InChI is InChI=1S/C11H11ClF2N2O3/c12-4-10(15)16-7-3-6(11(17)18)1-2-8(7)19-5-9(13)14/h1-3,9H,4-5H2,(H2,15,16)(H,17,18). The SMILES string of the molecule is NC(CCl)=Nc1cc(C(=O)O)ccc1OCC(F)F. The van der Waals surface area contributed by atoms with Crippen molar-refractivity contribution >= 4 is 29.1 Å². The van der Waals surface area contributed by atoms with Crippen LogP contribution in [0.4, 0.5) is 14.5 Å². The molecule has 104 valence electrons. The van der Waals surface area contributed by atoms with Gasteiger partial charge in [0, 0.05) is 0 Å². The van der Waals surface area contributed by atoms with E-state index in [0.717, 1.165) is 0 Å². The number of ether oxygens (including phenoxy) is 1. The predicted molar refractivity (Wildman–Crippen MR) is 66.9 cm³/mol. The average Bonchev–Trinajstić information content (AvgIpc) is 2.36.